The first kappa shape index (κ1) is 16.6. The predicted molar refractivity (Wildman–Crippen MR) is 80.8 cm³/mol. The summed E-state index contributed by atoms with van der Waals surface area (Å²) in [6, 6.07) is 4.29. The molecule has 22 heavy (non-hydrogen) atoms. The van der Waals surface area contributed by atoms with Gasteiger partial charge in [0.15, 0.2) is 21.3 Å². The first-order valence-electron chi connectivity index (χ1n) is 7.04. The highest BCUT2D eigenvalue weighted by atomic mass is 32.2. The van der Waals surface area contributed by atoms with E-state index >= 15 is 0 Å². The number of fused-ring (bicyclic) bond motifs is 1. The predicted octanol–water partition coefficient (Wildman–Crippen LogP) is 0.0850. The fraction of sp³-hybridized carbons (Fsp3) is 0.500. The van der Waals surface area contributed by atoms with Crippen molar-refractivity contribution in [1.29, 1.82) is 0 Å². The molecule has 0 fully saturated rings. The van der Waals surface area contributed by atoms with Crippen molar-refractivity contribution in [3.05, 3.63) is 18.2 Å². The molecule has 122 valence electrons. The molecular weight excluding hydrogens is 308 g/mol. The largest absolute Gasteiger partial charge is 0.486 e. The van der Waals surface area contributed by atoms with Gasteiger partial charge >= 0.3 is 0 Å². The second-order valence-corrected chi connectivity index (χ2v) is 7.19. The minimum absolute atomic E-state index is 0.110. The molecule has 7 nitrogen and oxygen atoms in total. The standard InChI is InChI=1S/C14H20N2O5S/c1-10(9-15)16-14(17)4-7-22(18,19)11-2-3-12-13(8-11)21-6-5-20-12/h2-3,8,10H,4-7,9,15H2,1H3,(H,16,17)/t10-/m0/s1. The Labute approximate surface area is 129 Å². The zero-order valence-corrected chi connectivity index (χ0v) is 13.2. The number of benzene rings is 1. The molecule has 3 N–H and O–H groups in total. The number of carbonyl (C=O) groups excluding carboxylic acids is 1. The lowest BCUT2D eigenvalue weighted by Gasteiger charge is -2.18. The van der Waals surface area contributed by atoms with E-state index in [1.165, 1.54) is 12.1 Å². The molecule has 2 rings (SSSR count). The van der Waals surface area contributed by atoms with Crippen LogP contribution in [0.15, 0.2) is 23.1 Å². The van der Waals surface area contributed by atoms with E-state index in [-0.39, 0.29) is 29.0 Å². The van der Waals surface area contributed by atoms with Crippen molar-refractivity contribution in [3.63, 3.8) is 0 Å². The highest BCUT2D eigenvalue weighted by molar-refractivity contribution is 7.91. The van der Waals surface area contributed by atoms with Gasteiger partial charge in [-0.15, -0.1) is 0 Å². The van der Waals surface area contributed by atoms with Crippen molar-refractivity contribution in [2.45, 2.75) is 24.3 Å². The zero-order chi connectivity index (χ0) is 16.2. The van der Waals surface area contributed by atoms with Crippen LogP contribution in [0.25, 0.3) is 0 Å². The van der Waals surface area contributed by atoms with Gasteiger partial charge in [0.25, 0.3) is 0 Å². The van der Waals surface area contributed by atoms with Crippen LogP contribution in [0, 0.1) is 0 Å². The van der Waals surface area contributed by atoms with E-state index in [9.17, 15) is 13.2 Å². The molecule has 1 aliphatic rings. The van der Waals surface area contributed by atoms with Gasteiger partial charge in [-0.05, 0) is 19.1 Å². The molecule has 1 heterocycles. The van der Waals surface area contributed by atoms with Gasteiger partial charge in [0, 0.05) is 25.1 Å². The summed E-state index contributed by atoms with van der Waals surface area (Å²) in [5.41, 5.74) is 5.40. The lowest BCUT2D eigenvalue weighted by Crippen LogP contribution is -2.38. The maximum atomic E-state index is 12.3. The van der Waals surface area contributed by atoms with Gasteiger partial charge in [-0.25, -0.2) is 8.42 Å². The molecule has 0 aliphatic carbocycles. The zero-order valence-electron chi connectivity index (χ0n) is 12.4. The molecule has 1 amide bonds. The molecule has 0 radical (unpaired) electrons. The highest BCUT2D eigenvalue weighted by Crippen LogP contribution is 2.32. The van der Waals surface area contributed by atoms with Crippen molar-refractivity contribution >= 4 is 15.7 Å². The summed E-state index contributed by atoms with van der Waals surface area (Å²) in [5, 5.41) is 2.63. The van der Waals surface area contributed by atoms with Crippen LogP contribution < -0.4 is 20.5 Å². The fourth-order valence-corrected chi connectivity index (χ4v) is 3.22. The molecule has 0 saturated heterocycles. The van der Waals surface area contributed by atoms with Crippen LogP contribution in [-0.2, 0) is 14.6 Å². The molecular formula is C14H20N2O5S. The number of hydrogen-bond acceptors (Lipinski definition) is 6. The molecule has 0 spiro atoms. The number of hydrogen-bond donors (Lipinski definition) is 2. The lowest BCUT2D eigenvalue weighted by atomic mass is 10.3. The molecule has 1 atom stereocenters. The van der Waals surface area contributed by atoms with Crippen LogP contribution in [0.2, 0.25) is 0 Å². The summed E-state index contributed by atoms with van der Waals surface area (Å²) in [6.07, 6.45) is -0.110. The average molecular weight is 328 g/mol. The van der Waals surface area contributed by atoms with Gasteiger partial charge in [0.05, 0.1) is 10.6 Å². The smallest absolute Gasteiger partial charge is 0.221 e. The maximum absolute atomic E-state index is 12.3. The Kier molecular flexibility index (Phi) is 5.25. The Balaban J connectivity index is 2.02. The van der Waals surface area contributed by atoms with Crippen LogP contribution in [0.4, 0.5) is 0 Å². The van der Waals surface area contributed by atoms with E-state index in [0.717, 1.165) is 0 Å². The fourth-order valence-electron chi connectivity index (χ4n) is 1.97. The number of nitrogens with one attached hydrogen (secondary N) is 1. The van der Waals surface area contributed by atoms with E-state index in [0.29, 0.717) is 31.3 Å². The quantitative estimate of drug-likeness (QED) is 0.766. The van der Waals surface area contributed by atoms with E-state index in [4.69, 9.17) is 15.2 Å². The van der Waals surface area contributed by atoms with E-state index in [1.807, 2.05) is 0 Å². The van der Waals surface area contributed by atoms with Crippen LogP contribution in [0.1, 0.15) is 13.3 Å². The molecule has 0 aromatic heterocycles. The molecule has 1 aromatic carbocycles. The van der Waals surface area contributed by atoms with E-state index < -0.39 is 9.84 Å². The van der Waals surface area contributed by atoms with Gasteiger partial charge in [-0.2, -0.15) is 0 Å². The van der Waals surface area contributed by atoms with Crippen LogP contribution in [-0.4, -0.2) is 45.9 Å². The number of carbonyl (C=O) groups is 1. The number of sulfone groups is 1. The molecule has 8 heteroatoms. The Morgan fingerprint density at radius 1 is 1.32 bits per heavy atom. The van der Waals surface area contributed by atoms with Gasteiger partial charge in [0.2, 0.25) is 5.91 Å². The second-order valence-electron chi connectivity index (χ2n) is 5.08. The molecule has 1 aliphatic heterocycles. The Hall–Kier alpha value is -1.80. The van der Waals surface area contributed by atoms with Gasteiger partial charge in [-0.1, -0.05) is 0 Å². The van der Waals surface area contributed by atoms with Crippen LogP contribution in [0.3, 0.4) is 0 Å². The maximum Gasteiger partial charge on any atom is 0.221 e. The number of nitrogens with two attached hydrogens (primary N) is 1. The molecule has 0 bridgehead atoms. The Morgan fingerprint density at radius 2 is 2.00 bits per heavy atom. The summed E-state index contributed by atoms with van der Waals surface area (Å²) >= 11 is 0. The van der Waals surface area contributed by atoms with E-state index in [1.54, 1.807) is 13.0 Å². The number of amides is 1. The Bertz CT molecular complexity index is 645. The number of ether oxygens (including phenoxy) is 2. The van der Waals surface area contributed by atoms with Gasteiger partial charge in [0.1, 0.15) is 13.2 Å². The SMILES string of the molecule is C[C@@H](CN)NC(=O)CCS(=O)(=O)c1ccc2c(c1)OCCO2. The summed E-state index contributed by atoms with van der Waals surface area (Å²) in [6.45, 7) is 2.89. The van der Waals surface area contributed by atoms with E-state index in [2.05, 4.69) is 5.32 Å². The Morgan fingerprint density at radius 3 is 2.68 bits per heavy atom. The average Bonchev–Trinajstić information content (AvgIpc) is 2.52. The van der Waals surface area contributed by atoms with Crippen molar-refractivity contribution < 1.29 is 22.7 Å². The lowest BCUT2D eigenvalue weighted by molar-refractivity contribution is -0.121. The second kappa shape index (κ2) is 6.97. The summed E-state index contributed by atoms with van der Waals surface area (Å²) in [4.78, 5) is 11.8. The summed E-state index contributed by atoms with van der Waals surface area (Å²) < 4.78 is 35.3. The van der Waals surface area contributed by atoms with Crippen LogP contribution >= 0.6 is 0 Å². The van der Waals surface area contributed by atoms with Crippen molar-refractivity contribution in [2.24, 2.45) is 5.73 Å². The van der Waals surface area contributed by atoms with Crippen molar-refractivity contribution in [3.8, 4) is 11.5 Å². The first-order valence-corrected chi connectivity index (χ1v) is 8.69. The normalized spacial score (nSPS) is 15.2. The molecule has 0 saturated carbocycles. The highest BCUT2D eigenvalue weighted by Gasteiger charge is 2.20. The number of rotatable bonds is 6. The third kappa shape index (κ3) is 4.11. The summed E-state index contributed by atoms with van der Waals surface area (Å²) in [7, 11) is -3.56. The topological polar surface area (TPSA) is 108 Å². The minimum Gasteiger partial charge on any atom is -0.486 e. The van der Waals surface area contributed by atoms with Crippen molar-refractivity contribution in [1.82, 2.24) is 5.32 Å². The van der Waals surface area contributed by atoms with Crippen molar-refractivity contribution in [2.75, 3.05) is 25.5 Å². The minimum atomic E-state index is -3.56. The first-order chi connectivity index (χ1) is 10.4. The third-order valence-electron chi connectivity index (χ3n) is 3.23. The van der Waals surface area contributed by atoms with Crippen LogP contribution in [0.5, 0.6) is 11.5 Å². The molecule has 1 aromatic rings. The van der Waals surface area contributed by atoms with Gasteiger partial charge in [-0.3, -0.25) is 4.79 Å². The van der Waals surface area contributed by atoms with Gasteiger partial charge < -0.3 is 20.5 Å². The molecule has 0 unspecified atom stereocenters. The third-order valence-corrected chi connectivity index (χ3v) is 4.95. The summed E-state index contributed by atoms with van der Waals surface area (Å²) in [5.74, 6) is 0.336. The monoisotopic (exact) mass is 328 g/mol.